The standard InChI is InChI=1S/C9H17N3S2/c1-2-4-13-7-8(12-10)6-9-11-3-5-14-9/h3,5,8,12H,2,4,6-7,10H2,1H3. The van der Waals surface area contributed by atoms with Crippen molar-refractivity contribution in [1.82, 2.24) is 10.4 Å². The molecule has 3 nitrogen and oxygen atoms in total. The number of nitrogens with zero attached hydrogens (tertiary/aromatic N) is 1. The van der Waals surface area contributed by atoms with Crippen molar-refractivity contribution in [3.05, 3.63) is 16.6 Å². The van der Waals surface area contributed by atoms with Crippen LogP contribution < -0.4 is 11.3 Å². The first kappa shape index (κ1) is 12.0. The number of hydrogen-bond donors (Lipinski definition) is 2. The van der Waals surface area contributed by atoms with E-state index in [0.29, 0.717) is 6.04 Å². The third kappa shape index (κ3) is 4.41. The molecule has 0 aliphatic carbocycles. The molecular formula is C9H17N3S2. The summed E-state index contributed by atoms with van der Waals surface area (Å²) < 4.78 is 0. The smallest absolute Gasteiger partial charge is 0.0941 e. The molecule has 1 atom stereocenters. The van der Waals surface area contributed by atoms with Crippen LogP contribution in [0.15, 0.2) is 11.6 Å². The molecule has 0 aliphatic rings. The summed E-state index contributed by atoms with van der Waals surface area (Å²) in [5.41, 5.74) is 2.85. The normalized spacial score (nSPS) is 13.0. The van der Waals surface area contributed by atoms with E-state index in [4.69, 9.17) is 5.84 Å². The zero-order chi connectivity index (χ0) is 10.2. The van der Waals surface area contributed by atoms with Gasteiger partial charge in [-0.15, -0.1) is 11.3 Å². The molecule has 3 N–H and O–H groups in total. The zero-order valence-electron chi connectivity index (χ0n) is 8.40. The molecular weight excluding hydrogens is 214 g/mol. The van der Waals surface area contributed by atoms with E-state index in [2.05, 4.69) is 17.3 Å². The van der Waals surface area contributed by atoms with Gasteiger partial charge in [0.2, 0.25) is 0 Å². The lowest BCUT2D eigenvalue weighted by Gasteiger charge is -2.13. The van der Waals surface area contributed by atoms with Crippen molar-refractivity contribution in [2.45, 2.75) is 25.8 Å². The fourth-order valence-corrected chi connectivity index (χ4v) is 2.75. The van der Waals surface area contributed by atoms with Crippen LogP contribution in [-0.4, -0.2) is 22.5 Å². The van der Waals surface area contributed by atoms with Crippen molar-refractivity contribution in [2.24, 2.45) is 5.84 Å². The lowest BCUT2D eigenvalue weighted by molar-refractivity contribution is 0.574. The highest BCUT2D eigenvalue weighted by atomic mass is 32.2. The first-order valence-corrected chi connectivity index (χ1v) is 6.82. The van der Waals surface area contributed by atoms with Crippen molar-refractivity contribution < 1.29 is 0 Å². The predicted octanol–water partition coefficient (Wildman–Crippen LogP) is 1.66. The maximum absolute atomic E-state index is 5.49. The Hall–Kier alpha value is -0.100. The summed E-state index contributed by atoms with van der Waals surface area (Å²) in [5.74, 6) is 7.75. The van der Waals surface area contributed by atoms with E-state index in [-0.39, 0.29) is 0 Å². The first-order valence-electron chi connectivity index (χ1n) is 4.79. The molecule has 80 valence electrons. The van der Waals surface area contributed by atoms with Crippen molar-refractivity contribution in [2.75, 3.05) is 11.5 Å². The molecule has 1 aromatic rings. The minimum absolute atomic E-state index is 0.345. The Balaban J connectivity index is 2.24. The average Bonchev–Trinajstić information content (AvgIpc) is 2.69. The molecule has 0 aromatic carbocycles. The van der Waals surface area contributed by atoms with E-state index in [9.17, 15) is 0 Å². The SMILES string of the molecule is CCCSCC(Cc1nccs1)NN. The summed E-state index contributed by atoms with van der Waals surface area (Å²) in [6.07, 6.45) is 4.00. The van der Waals surface area contributed by atoms with Crippen LogP contribution in [0.25, 0.3) is 0 Å². The second kappa shape index (κ2) is 7.23. The van der Waals surface area contributed by atoms with E-state index in [1.54, 1.807) is 11.3 Å². The predicted molar refractivity (Wildman–Crippen MR) is 64.5 cm³/mol. The number of aromatic nitrogens is 1. The fourth-order valence-electron chi connectivity index (χ4n) is 1.10. The molecule has 5 heteroatoms. The Morgan fingerprint density at radius 2 is 2.57 bits per heavy atom. The summed E-state index contributed by atoms with van der Waals surface area (Å²) in [6.45, 7) is 2.19. The molecule has 0 saturated heterocycles. The summed E-state index contributed by atoms with van der Waals surface area (Å²) >= 11 is 3.63. The van der Waals surface area contributed by atoms with Gasteiger partial charge in [-0.25, -0.2) is 4.98 Å². The number of rotatable bonds is 7. The van der Waals surface area contributed by atoms with E-state index in [1.165, 1.54) is 12.2 Å². The Bertz CT molecular complexity index is 226. The molecule has 1 aromatic heterocycles. The highest BCUT2D eigenvalue weighted by molar-refractivity contribution is 7.99. The van der Waals surface area contributed by atoms with E-state index in [1.807, 2.05) is 23.3 Å². The zero-order valence-corrected chi connectivity index (χ0v) is 10.0. The second-order valence-corrected chi connectivity index (χ2v) is 5.20. The number of hydrazine groups is 1. The molecule has 1 rings (SSSR count). The minimum Gasteiger partial charge on any atom is -0.271 e. The van der Waals surface area contributed by atoms with Crippen LogP contribution in [0.1, 0.15) is 18.4 Å². The van der Waals surface area contributed by atoms with E-state index in [0.717, 1.165) is 17.2 Å². The van der Waals surface area contributed by atoms with Crippen LogP contribution in [0.2, 0.25) is 0 Å². The van der Waals surface area contributed by atoms with Crippen LogP contribution in [0.3, 0.4) is 0 Å². The molecule has 0 radical (unpaired) electrons. The van der Waals surface area contributed by atoms with Gasteiger partial charge in [-0.2, -0.15) is 11.8 Å². The van der Waals surface area contributed by atoms with Crippen LogP contribution in [0.4, 0.5) is 0 Å². The lowest BCUT2D eigenvalue weighted by Crippen LogP contribution is -2.38. The van der Waals surface area contributed by atoms with Crippen LogP contribution in [0.5, 0.6) is 0 Å². The molecule has 0 spiro atoms. The average molecular weight is 231 g/mol. The van der Waals surface area contributed by atoms with Crippen molar-refractivity contribution in [1.29, 1.82) is 0 Å². The van der Waals surface area contributed by atoms with Crippen molar-refractivity contribution in [3.8, 4) is 0 Å². The van der Waals surface area contributed by atoms with Crippen LogP contribution >= 0.6 is 23.1 Å². The van der Waals surface area contributed by atoms with Crippen LogP contribution in [-0.2, 0) is 6.42 Å². The molecule has 0 fully saturated rings. The number of hydrogen-bond acceptors (Lipinski definition) is 5. The van der Waals surface area contributed by atoms with E-state index < -0.39 is 0 Å². The molecule has 1 unspecified atom stereocenters. The number of thiazole rings is 1. The van der Waals surface area contributed by atoms with Gasteiger partial charge in [-0.1, -0.05) is 6.92 Å². The number of thioether (sulfide) groups is 1. The van der Waals surface area contributed by atoms with Gasteiger partial charge in [0.15, 0.2) is 0 Å². The van der Waals surface area contributed by atoms with Gasteiger partial charge in [0.05, 0.1) is 5.01 Å². The second-order valence-electron chi connectivity index (χ2n) is 3.07. The van der Waals surface area contributed by atoms with Gasteiger partial charge >= 0.3 is 0 Å². The Morgan fingerprint density at radius 1 is 1.71 bits per heavy atom. The number of nitrogens with one attached hydrogen (secondary N) is 1. The lowest BCUT2D eigenvalue weighted by atomic mass is 10.2. The van der Waals surface area contributed by atoms with Gasteiger partial charge in [0.25, 0.3) is 0 Å². The van der Waals surface area contributed by atoms with Gasteiger partial charge in [-0.05, 0) is 12.2 Å². The third-order valence-corrected chi connectivity index (χ3v) is 3.94. The highest BCUT2D eigenvalue weighted by Crippen LogP contribution is 2.11. The Labute approximate surface area is 93.5 Å². The topological polar surface area (TPSA) is 50.9 Å². The maximum atomic E-state index is 5.49. The first-order chi connectivity index (χ1) is 6.86. The van der Waals surface area contributed by atoms with Gasteiger partial charge in [-0.3, -0.25) is 11.3 Å². The summed E-state index contributed by atoms with van der Waals surface area (Å²) in [6, 6.07) is 0.345. The quantitative estimate of drug-likeness (QED) is 0.426. The molecule has 0 aliphatic heterocycles. The van der Waals surface area contributed by atoms with E-state index >= 15 is 0 Å². The monoisotopic (exact) mass is 231 g/mol. The largest absolute Gasteiger partial charge is 0.271 e. The maximum Gasteiger partial charge on any atom is 0.0941 e. The highest BCUT2D eigenvalue weighted by Gasteiger charge is 2.08. The molecule has 0 saturated carbocycles. The van der Waals surface area contributed by atoms with Crippen molar-refractivity contribution in [3.63, 3.8) is 0 Å². The molecule has 1 heterocycles. The van der Waals surface area contributed by atoms with Gasteiger partial charge in [0.1, 0.15) is 0 Å². The third-order valence-electron chi connectivity index (χ3n) is 1.81. The van der Waals surface area contributed by atoms with Crippen LogP contribution in [0, 0.1) is 0 Å². The number of nitrogens with two attached hydrogens (primary N) is 1. The minimum atomic E-state index is 0.345. The fraction of sp³-hybridized carbons (Fsp3) is 0.667. The summed E-state index contributed by atoms with van der Waals surface area (Å²) in [7, 11) is 0. The summed E-state index contributed by atoms with van der Waals surface area (Å²) in [4.78, 5) is 4.25. The van der Waals surface area contributed by atoms with Crippen molar-refractivity contribution >= 4 is 23.1 Å². The molecule has 0 amide bonds. The summed E-state index contributed by atoms with van der Waals surface area (Å²) in [5, 5.41) is 3.16. The van der Waals surface area contributed by atoms with Gasteiger partial charge < -0.3 is 0 Å². The molecule has 0 bridgehead atoms. The Morgan fingerprint density at radius 3 is 3.14 bits per heavy atom. The van der Waals surface area contributed by atoms with Gasteiger partial charge in [0, 0.05) is 29.8 Å². The molecule has 14 heavy (non-hydrogen) atoms. The Kier molecular flexibility index (Phi) is 6.18.